The predicted molar refractivity (Wildman–Crippen MR) is 69.0 cm³/mol. The Balaban J connectivity index is 2.06. The summed E-state index contributed by atoms with van der Waals surface area (Å²) >= 11 is 0. The fraction of sp³-hybridized carbons (Fsp3) is 0.154. The summed E-state index contributed by atoms with van der Waals surface area (Å²) in [6, 6.07) is 6.80. The minimum absolute atomic E-state index is 0.247. The maximum Gasteiger partial charge on any atom is 0.335 e. The van der Waals surface area contributed by atoms with Crippen LogP contribution in [0.2, 0.25) is 0 Å². The van der Waals surface area contributed by atoms with E-state index in [-0.39, 0.29) is 5.56 Å². The summed E-state index contributed by atoms with van der Waals surface area (Å²) in [6.07, 6.45) is 3.58. The van der Waals surface area contributed by atoms with Gasteiger partial charge in [-0.2, -0.15) is 5.10 Å². The van der Waals surface area contributed by atoms with E-state index in [1.165, 1.54) is 0 Å². The Morgan fingerprint density at radius 3 is 2.95 bits per heavy atom. The van der Waals surface area contributed by atoms with Crippen molar-refractivity contribution in [1.82, 2.24) is 19.3 Å². The minimum Gasteiger partial charge on any atom is -0.478 e. The fourth-order valence-electron chi connectivity index (χ4n) is 2.06. The van der Waals surface area contributed by atoms with E-state index in [0.717, 1.165) is 11.3 Å². The maximum atomic E-state index is 10.9. The molecule has 1 N–H and O–H groups in total. The minimum atomic E-state index is -0.943. The molecule has 0 aliphatic carbocycles. The zero-order chi connectivity index (χ0) is 13.4. The number of rotatable bonds is 3. The van der Waals surface area contributed by atoms with Gasteiger partial charge in [0.2, 0.25) is 0 Å². The van der Waals surface area contributed by atoms with Crippen LogP contribution in [0.15, 0.2) is 36.7 Å². The normalized spacial score (nSPS) is 11.0. The van der Waals surface area contributed by atoms with Gasteiger partial charge in [0, 0.05) is 19.4 Å². The van der Waals surface area contributed by atoms with Crippen LogP contribution in [-0.2, 0) is 13.6 Å². The first-order valence-electron chi connectivity index (χ1n) is 5.81. The average Bonchev–Trinajstić information content (AvgIpc) is 2.99. The van der Waals surface area contributed by atoms with Crippen molar-refractivity contribution in [1.29, 1.82) is 0 Å². The first-order valence-corrected chi connectivity index (χ1v) is 5.81. The maximum absolute atomic E-state index is 10.9. The summed E-state index contributed by atoms with van der Waals surface area (Å²) < 4.78 is 3.72. The van der Waals surface area contributed by atoms with Crippen molar-refractivity contribution in [2.45, 2.75) is 6.54 Å². The molecule has 0 saturated heterocycles. The number of carbonyl (C=O) groups is 1. The van der Waals surface area contributed by atoms with Crippen LogP contribution in [0, 0.1) is 0 Å². The van der Waals surface area contributed by atoms with Gasteiger partial charge < -0.3 is 9.67 Å². The summed E-state index contributed by atoms with van der Waals surface area (Å²) in [7, 11) is 1.91. The van der Waals surface area contributed by atoms with Crippen LogP contribution < -0.4 is 0 Å². The van der Waals surface area contributed by atoms with Crippen molar-refractivity contribution < 1.29 is 9.90 Å². The van der Waals surface area contributed by atoms with E-state index in [1.807, 2.05) is 23.9 Å². The second-order valence-corrected chi connectivity index (χ2v) is 4.30. The van der Waals surface area contributed by atoms with Crippen LogP contribution in [0.5, 0.6) is 0 Å². The van der Waals surface area contributed by atoms with Crippen molar-refractivity contribution in [2.24, 2.45) is 7.05 Å². The number of aromatic nitrogens is 4. The van der Waals surface area contributed by atoms with Crippen molar-refractivity contribution >= 4 is 17.0 Å². The molecular weight excluding hydrogens is 244 g/mol. The van der Waals surface area contributed by atoms with Crippen LogP contribution >= 0.6 is 0 Å². The van der Waals surface area contributed by atoms with E-state index in [1.54, 1.807) is 29.1 Å². The van der Waals surface area contributed by atoms with E-state index in [0.29, 0.717) is 12.1 Å². The monoisotopic (exact) mass is 256 g/mol. The fourth-order valence-corrected chi connectivity index (χ4v) is 2.06. The van der Waals surface area contributed by atoms with Crippen molar-refractivity contribution in [2.75, 3.05) is 0 Å². The molecule has 19 heavy (non-hydrogen) atoms. The molecule has 0 atom stereocenters. The van der Waals surface area contributed by atoms with Crippen LogP contribution in [0.4, 0.5) is 0 Å². The molecule has 0 spiro atoms. The molecular formula is C13H12N4O2. The lowest BCUT2D eigenvalue weighted by Gasteiger charge is -2.02. The zero-order valence-electron chi connectivity index (χ0n) is 10.3. The van der Waals surface area contributed by atoms with Crippen molar-refractivity contribution in [3.05, 3.63) is 48.0 Å². The van der Waals surface area contributed by atoms with Crippen molar-refractivity contribution in [3.8, 4) is 0 Å². The van der Waals surface area contributed by atoms with Gasteiger partial charge in [0.25, 0.3) is 0 Å². The van der Waals surface area contributed by atoms with Crippen LogP contribution in [0.25, 0.3) is 11.0 Å². The Morgan fingerprint density at radius 1 is 1.42 bits per heavy atom. The highest BCUT2D eigenvalue weighted by Crippen LogP contribution is 2.17. The van der Waals surface area contributed by atoms with Crippen LogP contribution in [0.1, 0.15) is 16.2 Å². The van der Waals surface area contributed by atoms with E-state index < -0.39 is 5.97 Å². The summed E-state index contributed by atoms with van der Waals surface area (Å²) in [6.45, 7) is 0.556. The second-order valence-electron chi connectivity index (χ2n) is 4.30. The Kier molecular flexibility index (Phi) is 2.56. The Morgan fingerprint density at radius 2 is 2.26 bits per heavy atom. The second kappa shape index (κ2) is 4.24. The summed E-state index contributed by atoms with van der Waals surface area (Å²) in [5, 5.41) is 13.1. The number of hydrogen-bond donors (Lipinski definition) is 1. The molecule has 2 aromatic heterocycles. The number of carboxylic acid groups (broad SMARTS) is 1. The van der Waals surface area contributed by atoms with Gasteiger partial charge in [0.05, 0.1) is 23.1 Å². The number of aryl methyl sites for hydroxylation is 1. The number of nitrogens with zero attached hydrogens (tertiary/aromatic N) is 4. The Labute approximate surface area is 108 Å². The number of imidazole rings is 1. The third-order valence-corrected chi connectivity index (χ3v) is 3.08. The lowest BCUT2D eigenvalue weighted by atomic mass is 10.2. The highest BCUT2D eigenvalue weighted by Gasteiger charge is 2.11. The molecule has 0 aliphatic heterocycles. The van der Waals surface area contributed by atoms with Crippen LogP contribution in [0.3, 0.4) is 0 Å². The van der Waals surface area contributed by atoms with E-state index in [9.17, 15) is 4.79 Å². The third kappa shape index (κ3) is 1.97. The number of carboxylic acids is 1. The Bertz CT molecular complexity index is 743. The Hall–Kier alpha value is -2.63. The molecule has 0 saturated carbocycles. The first-order chi connectivity index (χ1) is 9.15. The van der Waals surface area contributed by atoms with Gasteiger partial charge in [-0.25, -0.2) is 9.78 Å². The molecule has 3 aromatic rings. The quantitative estimate of drug-likeness (QED) is 0.771. The molecule has 2 heterocycles. The van der Waals surface area contributed by atoms with Crippen molar-refractivity contribution in [3.63, 3.8) is 0 Å². The number of aromatic carboxylic acids is 1. The third-order valence-electron chi connectivity index (χ3n) is 3.08. The standard InChI is InChI=1S/C13H12N4O2/c1-16-11-4-3-9(13(18)19)7-10(11)15-12(16)8-17-6-2-5-14-17/h2-7H,8H2,1H3,(H,18,19). The van der Waals surface area contributed by atoms with Gasteiger partial charge in [0.1, 0.15) is 5.82 Å². The molecule has 0 unspecified atom stereocenters. The topological polar surface area (TPSA) is 72.9 Å². The molecule has 0 amide bonds. The van der Waals surface area contributed by atoms with E-state index >= 15 is 0 Å². The number of hydrogen-bond acceptors (Lipinski definition) is 3. The molecule has 6 heteroatoms. The summed E-state index contributed by atoms with van der Waals surface area (Å²) in [5.74, 6) is -0.109. The summed E-state index contributed by atoms with van der Waals surface area (Å²) in [4.78, 5) is 15.4. The molecule has 0 fully saturated rings. The van der Waals surface area contributed by atoms with Gasteiger partial charge in [0.15, 0.2) is 0 Å². The smallest absolute Gasteiger partial charge is 0.335 e. The number of benzene rings is 1. The average molecular weight is 256 g/mol. The molecule has 1 aromatic carbocycles. The predicted octanol–water partition coefficient (Wildman–Crippen LogP) is 1.52. The lowest BCUT2D eigenvalue weighted by molar-refractivity contribution is 0.0697. The SMILES string of the molecule is Cn1c(Cn2cccn2)nc2cc(C(=O)O)ccc21. The molecule has 0 radical (unpaired) electrons. The molecule has 0 aliphatic rings. The molecule has 3 rings (SSSR count). The largest absolute Gasteiger partial charge is 0.478 e. The first kappa shape index (κ1) is 11.5. The van der Waals surface area contributed by atoms with E-state index in [2.05, 4.69) is 10.1 Å². The highest BCUT2D eigenvalue weighted by molar-refractivity contribution is 5.92. The highest BCUT2D eigenvalue weighted by atomic mass is 16.4. The lowest BCUT2D eigenvalue weighted by Crippen LogP contribution is -2.06. The van der Waals surface area contributed by atoms with Gasteiger partial charge in [-0.1, -0.05) is 0 Å². The van der Waals surface area contributed by atoms with Crippen LogP contribution in [-0.4, -0.2) is 30.4 Å². The number of fused-ring (bicyclic) bond motifs is 1. The van der Waals surface area contributed by atoms with Gasteiger partial charge in [-0.15, -0.1) is 0 Å². The zero-order valence-corrected chi connectivity index (χ0v) is 10.3. The molecule has 6 nitrogen and oxygen atoms in total. The molecule has 96 valence electrons. The van der Waals surface area contributed by atoms with Gasteiger partial charge >= 0.3 is 5.97 Å². The summed E-state index contributed by atoms with van der Waals surface area (Å²) in [5.41, 5.74) is 1.84. The van der Waals surface area contributed by atoms with E-state index in [4.69, 9.17) is 5.11 Å². The van der Waals surface area contributed by atoms with Gasteiger partial charge in [-0.3, -0.25) is 4.68 Å². The van der Waals surface area contributed by atoms with Gasteiger partial charge in [-0.05, 0) is 24.3 Å². The molecule has 0 bridgehead atoms.